The van der Waals surface area contributed by atoms with Crippen molar-refractivity contribution in [3.63, 3.8) is 0 Å². The maximum atomic E-state index is 13.2. The van der Waals surface area contributed by atoms with Crippen LogP contribution in [0.25, 0.3) is 0 Å². The van der Waals surface area contributed by atoms with Crippen molar-refractivity contribution in [3.05, 3.63) is 35.4 Å². The van der Waals surface area contributed by atoms with Crippen molar-refractivity contribution < 1.29 is 18.4 Å². The van der Waals surface area contributed by atoms with E-state index in [2.05, 4.69) is 5.32 Å². The smallest absolute Gasteiger partial charge is 0.225 e. The quantitative estimate of drug-likeness (QED) is 0.932. The lowest BCUT2D eigenvalue weighted by Crippen LogP contribution is -2.45. The number of piperidine rings is 1. The number of hydrogen-bond acceptors (Lipinski definition) is 2. The Kier molecular flexibility index (Phi) is 5.11. The predicted octanol–water partition coefficient (Wildman–Crippen LogP) is 2.40. The monoisotopic (exact) mass is 310 g/mol. The molecule has 0 saturated carbocycles. The van der Waals surface area contributed by atoms with E-state index in [9.17, 15) is 18.4 Å². The Balaban J connectivity index is 1.98. The first kappa shape index (κ1) is 16.4. The van der Waals surface area contributed by atoms with Crippen LogP contribution < -0.4 is 5.32 Å². The van der Waals surface area contributed by atoms with Crippen LogP contribution in [0.15, 0.2) is 18.2 Å². The van der Waals surface area contributed by atoms with Crippen LogP contribution in [-0.4, -0.2) is 29.8 Å². The molecule has 1 aliphatic rings. The second kappa shape index (κ2) is 6.85. The lowest BCUT2D eigenvalue weighted by molar-refractivity contribution is -0.134. The summed E-state index contributed by atoms with van der Waals surface area (Å²) in [5.74, 6) is -2.30. The van der Waals surface area contributed by atoms with E-state index in [1.807, 2.05) is 0 Å². The van der Waals surface area contributed by atoms with Crippen molar-refractivity contribution in [1.82, 2.24) is 10.2 Å². The topological polar surface area (TPSA) is 49.4 Å². The van der Waals surface area contributed by atoms with Crippen LogP contribution in [-0.2, 0) is 9.59 Å². The van der Waals surface area contributed by atoms with Gasteiger partial charge in [-0.05, 0) is 37.5 Å². The summed E-state index contributed by atoms with van der Waals surface area (Å²) in [5.41, 5.74) is 0.506. The number of nitrogens with zero attached hydrogens (tertiary/aromatic N) is 1. The summed E-state index contributed by atoms with van der Waals surface area (Å²) in [5, 5.41) is 2.81. The Bertz CT molecular complexity index is 577. The summed E-state index contributed by atoms with van der Waals surface area (Å²) in [6.45, 7) is 4.30. The predicted molar refractivity (Wildman–Crippen MR) is 77.9 cm³/mol. The zero-order valence-electron chi connectivity index (χ0n) is 12.7. The van der Waals surface area contributed by atoms with Crippen LogP contribution in [0.4, 0.5) is 8.78 Å². The maximum absolute atomic E-state index is 13.2. The number of nitrogens with one attached hydrogen (secondary N) is 1. The van der Waals surface area contributed by atoms with Crippen molar-refractivity contribution in [3.8, 4) is 0 Å². The lowest BCUT2D eigenvalue weighted by Gasteiger charge is -2.32. The van der Waals surface area contributed by atoms with Gasteiger partial charge in [0.05, 0.1) is 12.0 Å². The standard InChI is InChI=1S/C16H20F2N2O2/c1-10(12-5-6-14(17)15(18)8-12)19-16(22)13-4-3-7-20(9-13)11(2)21/h5-6,8,10,13H,3-4,7,9H2,1-2H3,(H,19,22)/t10-,13-/m0/s1. The molecule has 1 aromatic rings. The molecule has 0 radical (unpaired) electrons. The van der Waals surface area contributed by atoms with E-state index in [-0.39, 0.29) is 17.7 Å². The van der Waals surface area contributed by atoms with Crippen molar-refractivity contribution in [1.29, 1.82) is 0 Å². The van der Waals surface area contributed by atoms with E-state index in [0.29, 0.717) is 18.7 Å². The molecule has 1 aliphatic heterocycles. The molecule has 0 unspecified atom stereocenters. The summed E-state index contributed by atoms with van der Waals surface area (Å²) < 4.78 is 26.2. The summed E-state index contributed by atoms with van der Waals surface area (Å²) >= 11 is 0. The number of hydrogen-bond donors (Lipinski definition) is 1. The summed E-state index contributed by atoms with van der Waals surface area (Å²) in [6, 6.07) is 3.16. The Labute approximate surface area is 128 Å². The first-order valence-corrected chi connectivity index (χ1v) is 7.39. The van der Waals surface area contributed by atoms with Gasteiger partial charge < -0.3 is 10.2 Å². The molecular formula is C16H20F2N2O2. The molecule has 22 heavy (non-hydrogen) atoms. The van der Waals surface area contributed by atoms with Crippen molar-refractivity contribution in [2.45, 2.75) is 32.7 Å². The van der Waals surface area contributed by atoms with Crippen molar-refractivity contribution in [2.75, 3.05) is 13.1 Å². The average molecular weight is 310 g/mol. The minimum atomic E-state index is -0.931. The third kappa shape index (κ3) is 3.81. The molecule has 6 heteroatoms. The van der Waals surface area contributed by atoms with E-state index in [4.69, 9.17) is 0 Å². The molecule has 0 aromatic heterocycles. The van der Waals surface area contributed by atoms with Gasteiger partial charge in [-0.2, -0.15) is 0 Å². The largest absolute Gasteiger partial charge is 0.349 e. The van der Waals surface area contributed by atoms with Crippen LogP contribution in [0, 0.1) is 17.6 Å². The van der Waals surface area contributed by atoms with Gasteiger partial charge in [0.2, 0.25) is 11.8 Å². The lowest BCUT2D eigenvalue weighted by atomic mass is 9.96. The second-order valence-corrected chi connectivity index (χ2v) is 5.71. The first-order chi connectivity index (χ1) is 10.4. The molecule has 4 nitrogen and oxygen atoms in total. The molecule has 1 fully saturated rings. The molecule has 0 bridgehead atoms. The minimum absolute atomic E-state index is 0.0360. The zero-order valence-corrected chi connectivity index (χ0v) is 12.7. The molecule has 0 spiro atoms. The fourth-order valence-corrected chi connectivity index (χ4v) is 2.67. The third-order valence-electron chi connectivity index (χ3n) is 4.04. The van der Waals surface area contributed by atoms with Gasteiger partial charge in [-0.1, -0.05) is 6.07 Å². The SMILES string of the molecule is CC(=O)N1CCC[C@H](C(=O)N[C@@H](C)c2ccc(F)c(F)c2)C1. The van der Waals surface area contributed by atoms with Crippen molar-refractivity contribution in [2.24, 2.45) is 5.92 Å². The molecule has 1 N–H and O–H groups in total. The number of carbonyl (C=O) groups excluding carboxylic acids is 2. The highest BCUT2D eigenvalue weighted by Crippen LogP contribution is 2.20. The zero-order chi connectivity index (χ0) is 16.3. The van der Waals surface area contributed by atoms with E-state index in [1.54, 1.807) is 11.8 Å². The summed E-state index contributed by atoms with van der Waals surface area (Å²) in [4.78, 5) is 25.3. The average Bonchev–Trinajstić information content (AvgIpc) is 2.50. The van der Waals surface area contributed by atoms with Gasteiger partial charge in [-0.3, -0.25) is 9.59 Å². The Morgan fingerprint density at radius 1 is 1.32 bits per heavy atom. The third-order valence-corrected chi connectivity index (χ3v) is 4.04. The van der Waals surface area contributed by atoms with E-state index >= 15 is 0 Å². The molecule has 120 valence electrons. The normalized spacial score (nSPS) is 19.6. The molecular weight excluding hydrogens is 290 g/mol. The van der Waals surface area contributed by atoms with Crippen LogP contribution >= 0.6 is 0 Å². The van der Waals surface area contributed by atoms with Gasteiger partial charge in [-0.25, -0.2) is 8.78 Å². The van der Waals surface area contributed by atoms with Gasteiger partial charge in [0.25, 0.3) is 0 Å². The number of likely N-dealkylation sites (tertiary alicyclic amines) is 1. The molecule has 2 atom stereocenters. The highest BCUT2D eigenvalue weighted by Gasteiger charge is 2.27. The first-order valence-electron chi connectivity index (χ1n) is 7.39. The van der Waals surface area contributed by atoms with E-state index in [0.717, 1.165) is 25.0 Å². The molecule has 2 rings (SSSR count). The summed E-state index contributed by atoms with van der Waals surface area (Å²) in [7, 11) is 0. The second-order valence-electron chi connectivity index (χ2n) is 5.71. The molecule has 1 aromatic carbocycles. The van der Waals surface area contributed by atoms with Crippen molar-refractivity contribution >= 4 is 11.8 Å². The minimum Gasteiger partial charge on any atom is -0.349 e. The number of rotatable bonds is 3. The fraction of sp³-hybridized carbons (Fsp3) is 0.500. The van der Waals surface area contributed by atoms with Crippen LogP contribution in [0.5, 0.6) is 0 Å². The number of benzene rings is 1. The van der Waals surface area contributed by atoms with Gasteiger partial charge in [-0.15, -0.1) is 0 Å². The number of amides is 2. The molecule has 1 heterocycles. The van der Waals surface area contributed by atoms with Gasteiger partial charge >= 0.3 is 0 Å². The van der Waals surface area contributed by atoms with Gasteiger partial charge in [0.1, 0.15) is 0 Å². The molecule has 2 amide bonds. The van der Waals surface area contributed by atoms with Crippen LogP contribution in [0.2, 0.25) is 0 Å². The number of halogens is 2. The highest BCUT2D eigenvalue weighted by atomic mass is 19.2. The van der Waals surface area contributed by atoms with E-state index < -0.39 is 17.7 Å². The van der Waals surface area contributed by atoms with Crippen LogP contribution in [0.1, 0.15) is 38.3 Å². The van der Waals surface area contributed by atoms with E-state index in [1.165, 1.54) is 13.0 Å². The molecule has 1 saturated heterocycles. The fourth-order valence-electron chi connectivity index (χ4n) is 2.67. The van der Waals surface area contributed by atoms with Gasteiger partial charge in [0.15, 0.2) is 11.6 Å². The summed E-state index contributed by atoms with van der Waals surface area (Å²) in [6.07, 6.45) is 1.51. The Morgan fingerprint density at radius 2 is 2.05 bits per heavy atom. The number of carbonyl (C=O) groups is 2. The molecule has 0 aliphatic carbocycles. The Hall–Kier alpha value is -1.98. The van der Waals surface area contributed by atoms with Gasteiger partial charge in [0, 0.05) is 20.0 Å². The maximum Gasteiger partial charge on any atom is 0.225 e. The van der Waals surface area contributed by atoms with Crippen LogP contribution in [0.3, 0.4) is 0 Å². The Morgan fingerprint density at radius 3 is 2.68 bits per heavy atom. The highest BCUT2D eigenvalue weighted by molar-refractivity contribution is 5.81.